The molecule has 5 heteroatoms. The zero-order valence-corrected chi connectivity index (χ0v) is 11.6. The highest BCUT2D eigenvalue weighted by molar-refractivity contribution is 5.44. The first-order valence-corrected chi connectivity index (χ1v) is 6.55. The molecule has 2 rings (SSSR count). The summed E-state index contributed by atoms with van der Waals surface area (Å²) < 4.78 is 5.94. The molecule has 104 valence electrons. The van der Waals surface area contributed by atoms with Gasteiger partial charge in [-0.2, -0.15) is 0 Å². The number of ether oxygens (including phenoxy) is 1. The van der Waals surface area contributed by atoms with Crippen LogP contribution in [0.15, 0.2) is 18.2 Å². The maximum Gasteiger partial charge on any atom is 0.272 e. The molecule has 5 nitrogen and oxygen atoms in total. The lowest BCUT2D eigenvalue weighted by Gasteiger charge is -2.51. The average molecular weight is 264 g/mol. The molecule has 0 spiro atoms. The third-order valence-corrected chi connectivity index (χ3v) is 4.46. The Bertz CT molecular complexity index is 503. The Kier molecular flexibility index (Phi) is 3.49. The van der Waals surface area contributed by atoms with Crippen LogP contribution < -0.4 is 10.5 Å². The van der Waals surface area contributed by atoms with Gasteiger partial charge in [0, 0.05) is 29.5 Å². The summed E-state index contributed by atoms with van der Waals surface area (Å²) >= 11 is 0. The number of hydrogen-bond acceptors (Lipinski definition) is 4. The van der Waals surface area contributed by atoms with Gasteiger partial charge >= 0.3 is 0 Å². The first kappa shape index (κ1) is 13.8. The fourth-order valence-corrected chi connectivity index (χ4v) is 2.59. The van der Waals surface area contributed by atoms with Gasteiger partial charge in [0.25, 0.3) is 5.69 Å². The van der Waals surface area contributed by atoms with Gasteiger partial charge in [0.1, 0.15) is 11.9 Å². The van der Waals surface area contributed by atoms with Gasteiger partial charge in [0.2, 0.25) is 0 Å². The van der Waals surface area contributed by atoms with Crippen LogP contribution in [0.3, 0.4) is 0 Å². The second-order valence-corrected chi connectivity index (χ2v) is 5.51. The smallest absolute Gasteiger partial charge is 0.272 e. The highest BCUT2D eigenvalue weighted by Crippen LogP contribution is 2.45. The van der Waals surface area contributed by atoms with Crippen molar-refractivity contribution in [1.82, 2.24) is 0 Å². The summed E-state index contributed by atoms with van der Waals surface area (Å²) in [5, 5.41) is 10.8. The number of nitrogens with zero attached hydrogens (tertiary/aromatic N) is 1. The predicted octanol–water partition coefficient (Wildman–Crippen LogP) is 2.80. The molecule has 1 aromatic carbocycles. The van der Waals surface area contributed by atoms with Crippen LogP contribution in [0.4, 0.5) is 5.69 Å². The third-order valence-electron chi connectivity index (χ3n) is 4.46. The van der Waals surface area contributed by atoms with E-state index in [0.29, 0.717) is 11.3 Å². The Hall–Kier alpha value is -1.62. The van der Waals surface area contributed by atoms with Gasteiger partial charge in [-0.3, -0.25) is 10.1 Å². The molecule has 0 aliphatic heterocycles. The lowest BCUT2D eigenvalue weighted by Crippen LogP contribution is -2.61. The monoisotopic (exact) mass is 264 g/mol. The maximum absolute atomic E-state index is 10.8. The number of rotatable bonds is 4. The molecular weight excluding hydrogens is 244 g/mol. The van der Waals surface area contributed by atoms with Crippen LogP contribution in [0.5, 0.6) is 5.75 Å². The molecule has 3 unspecified atom stereocenters. The summed E-state index contributed by atoms with van der Waals surface area (Å²) in [6.07, 6.45) is 1.89. The zero-order chi connectivity index (χ0) is 14.2. The van der Waals surface area contributed by atoms with Crippen molar-refractivity contribution in [2.75, 3.05) is 0 Å². The summed E-state index contributed by atoms with van der Waals surface area (Å²) in [6.45, 7) is 5.96. The molecule has 0 heterocycles. The molecule has 3 atom stereocenters. The Morgan fingerprint density at radius 3 is 2.74 bits per heavy atom. The second-order valence-electron chi connectivity index (χ2n) is 5.51. The van der Waals surface area contributed by atoms with E-state index in [4.69, 9.17) is 10.5 Å². The Morgan fingerprint density at radius 2 is 2.26 bits per heavy atom. The molecule has 1 aromatic rings. The van der Waals surface area contributed by atoms with Crippen molar-refractivity contribution in [3.63, 3.8) is 0 Å². The largest absolute Gasteiger partial charge is 0.490 e. The van der Waals surface area contributed by atoms with Crippen LogP contribution in [-0.2, 0) is 0 Å². The fraction of sp³-hybridized carbons (Fsp3) is 0.571. The second kappa shape index (κ2) is 4.81. The summed E-state index contributed by atoms with van der Waals surface area (Å²) in [5.74, 6) is 0.680. The van der Waals surface area contributed by atoms with Crippen molar-refractivity contribution in [2.45, 2.75) is 45.8 Å². The Morgan fingerprint density at radius 1 is 1.58 bits per heavy atom. The van der Waals surface area contributed by atoms with Crippen LogP contribution in [-0.4, -0.2) is 17.1 Å². The first-order chi connectivity index (χ1) is 8.88. The van der Waals surface area contributed by atoms with Crippen molar-refractivity contribution in [1.29, 1.82) is 0 Å². The van der Waals surface area contributed by atoms with E-state index in [1.54, 1.807) is 19.1 Å². The van der Waals surface area contributed by atoms with E-state index in [9.17, 15) is 10.1 Å². The average Bonchev–Trinajstić information content (AvgIpc) is 2.37. The number of hydrogen-bond donors (Lipinski definition) is 1. The molecule has 1 fully saturated rings. The highest BCUT2D eigenvalue weighted by Gasteiger charge is 2.50. The molecule has 0 radical (unpaired) electrons. The standard InChI is InChI=1S/C14H20N2O3/c1-4-14(3)12(15)8-13(14)19-10-5-6-11(16(17)18)9(2)7-10/h5-7,12-13H,4,8,15H2,1-3H3. The molecule has 1 aliphatic rings. The van der Waals surface area contributed by atoms with E-state index in [0.717, 1.165) is 12.8 Å². The van der Waals surface area contributed by atoms with Gasteiger partial charge in [0.15, 0.2) is 0 Å². The Balaban J connectivity index is 2.13. The predicted molar refractivity (Wildman–Crippen MR) is 73.2 cm³/mol. The summed E-state index contributed by atoms with van der Waals surface area (Å²) in [5.41, 5.74) is 6.77. The number of nitro benzene ring substituents is 1. The van der Waals surface area contributed by atoms with Crippen LogP contribution in [0.25, 0.3) is 0 Å². The zero-order valence-electron chi connectivity index (χ0n) is 11.6. The highest BCUT2D eigenvalue weighted by atomic mass is 16.6. The SMILES string of the molecule is CCC1(C)C(N)CC1Oc1ccc([N+](=O)[O-])c(C)c1. The van der Waals surface area contributed by atoms with Gasteiger partial charge in [0.05, 0.1) is 4.92 Å². The van der Waals surface area contributed by atoms with Crippen molar-refractivity contribution in [3.05, 3.63) is 33.9 Å². The van der Waals surface area contributed by atoms with Crippen molar-refractivity contribution < 1.29 is 9.66 Å². The molecule has 19 heavy (non-hydrogen) atoms. The van der Waals surface area contributed by atoms with Crippen LogP contribution >= 0.6 is 0 Å². The van der Waals surface area contributed by atoms with Gasteiger partial charge < -0.3 is 10.5 Å². The molecule has 0 bridgehead atoms. The topological polar surface area (TPSA) is 78.4 Å². The molecule has 0 saturated heterocycles. The number of benzene rings is 1. The minimum Gasteiger partial charge on any atom is -0.490 e. The van der Waals surface area contributed by atoms with Gasteiger partial charge in [-0.05, 0) is 25.5 Å². The van der Waals surface area contributed by atoms with Crippen molar-refractivity contribution >= 4 is 5.69 Å². The van der Waals surface area contributed by atoms with E-state index in [1.165, 1.54) is 6.07 Å². The summed E-state index contributed by atoms with van der Waals surface area (Å²) in [6, 6.07) is 5.04. The van der Waals surface area contributed by atoms with Crippen molar-refractivity contribution in [3.8, 4) is 5.75 Å². The molecule has 1 saturated carbocycles. The lowest BCUT2D eigenvalue weighted by molar-refractivity contribution is -0.385. The van der Waals surface area contributed by atoms with Crippen LogP contribution in [0, 0.1) is 22.5 Å². The molecule has 0 aromatic heterocycles. The minimum atomic E-state index is -0.380. The summed E-state index contributed by atoms with van der Waals surface area (Å²) in [4.78, 5) is 10.4. The third kappa shape index (κ3) is 2.30. The van der Waals surface area contributed by atoms with E-state index < -0.39 is 0 Å². The molecule has 1 aliphatic carbocycles. The Labute approximate surface area is 112 Å². The van der Waals surface area contributed by atoms with Gasteiger partial charge in [-0.25, -0.2) is 0 Å². The first-order valence-electron chi connectivity index (χ1n) is 6.55. The van der Waals surface area contributed by atoms with E-state index >= 15 is 0 Å². The lowest BCUT2D eigenvalue weighted by atomic mass is 9.62. The molecule has 2 N–H and O–H groups in total. The quantitative estimate of drug-likeness (QED) is 0.670. The van der Waals surface area contributed by atoms with Crippen molar-refractivity contribution in [2.24, 2.45) is 11.1 Å². The number of nitrogens with two attached hydrogens (primary N) is 1. The van der Waals surface area contributed by atoms with Crippen LogP contribution in [0.1, 0.15) is 32.3 Å². The van der Waals surface area contributed by atoms with Gasteiger partial charge in [-0.1, -0.05) is 13.8 Å². The fourth-order valence-electron chi connectivity index (χ4n) is 2.59. The van der Waals surface area contributed by atoms with E-state index in [2.05, 4.69) is 13.8 Å². The molecular formula is C14H20N2O3. The maximum atomic E-state index is 10.8. The van der Waals surface area contributed by atoms with E-state index in [-0.39, 0.29) is 28.2 Å². The summed E-state index contributed by atoms with van der Waals surface area (Å²) in [7, 11) is 0. The van der Waals surface area contributed by atoms with E-state index in [1.807, 2.05) is 0 Å². The van der Waals surface area contributed by atoms with Crippen LogP contribution in [0.2, 0.25) is 0 Å². The molecule has 0 amide bonds. The normalized spacial score (nSPS) is 29.7. The van der Waals surface area contributed by atoms with Gasteiger partial charge in [-0.15, -0.1) is 0 Å². The minimum absolute atomic E-state index is 0.00429. The number of nitro groups is 1. The number of aryl methyl sites for hydroxylation is 1.